The fraction of sp³-hybridized carbons (Fsp3) is 0.833. The molecule has 1 amide bonds. The van der Waals surface area contributed by atoms with Crippen molar-refractivity contribution in [2.75, 3.05) is 0 Å². The quantitative estimate of drug-likeness (QED) is 0.690. The van der Waals surface area contributed by atoms with E-state index >= 15 is 0 Å². The highest BCUT2D eigenvalue weighted by Crippen LogP contribution is 2.25. The summed E-state index contributed by atoms with van der Waals surface area (Å²) in [6.45, 7) is 5.16. The number of ether oxygens (including phenoxy) is 1. The van der Waals surface area contributed by atoms with Crippen LogP contribution in [0.15, 0.2) is 0 Å². The number of rotatable bonds is 2. The first-order valence-electron chi connectivity index (χ1n) is 6.11. The van der Waals surface area contributed by atoms with Crippen LogP contribution in [0.3, 0.4) is 0 Å². The van der Waals surface area contributed by atoms with E-state index < -0.39 is 35.7 Å². The second kappa shape index (κ2) is 5.56. The number of aliphatic hydroxyl groups is 1. The molecular weight excluding hydrogens is 238 g/mol. The van der Waals surface area contributed by atoms with E-state index in [2.05, 4.69) is 5.32 Å². The molecular formula is C12H21NO5. The monoisotopic (exact) mass is 259 g/mol. The van der Waals surface area contributed by atoms with Crippen molar-refractivity contribution in [1.82, 2.24) is 5.32 Å². The Morgan fingerprint density at radius 3 is 2.39 bits per heavy atom. The summed E-state index contributed by atoms with van der Waals surface area (Å²) in [5, 5.41) is 21.3. The van der Waals surface area contributed by atoms with Crippen LogP contribution in [0.25, 0.3) is 0 Å². The van der Waals surface area contributed by atoms with Gasteiger partial charge >= 0.3 is 12.1 Å². The largest absolute Gasteiger partial charge is 0.481 e. The number of carboxylic acid groups (broad SMARTS) is 1. The molecule has 0 aromatic heterocycles. The van der Waals surface area contributed by atoms with Gasteiger partial charge in [0.05, 0.1) is 18.1 Å². The minimum absolute atomic E-state index is 0.451. The molecule has 104 valence electrons. The second-order valence-corrected chi connectivity index (χ2v) is 5.61. The van der Waals surface area contributed by atoms with E-state index in [9.17, 15) is 14.7 Å². The van der Waals surface area contributed by atoms with Crippen LogP contribution in [0.4, 0.5) is 4.79 Å². The third-order valence-corrected chi connectivity index (χ3v) is 2.86. The zero-order valence-electron chi connectivity index (χ0n) is 11.0. The first-order valence-corrected chi connectivity index (χ1v) is 6.11. The number of alkyl carbamates (subject to hydrolysis) is 1. The Bertz CT molecular complexity index is 323. The van der Waals surface area contributed by atoms with E-state index in [1.165, 1.54) is 0 Å². The molecule has 18 heavy (non-hydrogen) atoms. The molecule has 0 spiro atoms. The molecule has 0 heterocycles. The predicted octanol–water partition coefficient (Wildman–Crippen LogP) is 1.13. The average Bonchev–Trinajstić information content (AvgIpc) is 2.17. The molecule has 0 saturated heterocycles. The van der Waals surface area contributed by atoms with E-state index in [1.54, 1.807) is 20.8 Å². The molecule has 3 atom stereocenters. The van der Waals surface area contributed by atoms with Crippen LogP contribution >= 0.6 is 0 Å². The summed E-state index contributed by atoms with van der Waals surface area (Å²) >= 11 is 0. The zero-order valence-corrected chi connectivity index (χ0v) is 11.0. The Balaban J connectivity index is 2.66. The third-order valence-electron chi connectivity index (χ3n) is 2.86. The molecule has 0 unspecified atom stereocenters. The van der Waals surface area contributed by atoms with Gasteiger partial charge in [0.1, 0.15) is 5.60 Å². The summed E-state index contributed by atoms with van der Waals surface area (Å²) in [6.07, 6.45) is 0.0499. The minimum Gasteiger partial charge on any atom is -0.481 e. The number of carbonyl (C=O) groups excluding carboxylic acids is 1. The van der Waals surface area contributed by atoms with Crippen molar-refractivity contribution >= 4 is 12.1 Å². The van der Waals surface area contributed by atoms with Crippen molar-refractivity contribution in [1.29, 1.82) is 0 Å². The van der Waals surface area contributed by atoms with Gasteiger partial charge in [0.2, 0.25) is 0 Å². The van der Waals surface area contributed by atoms with E-state index in [0.29, 0.717) is 19.3 Å². The van der Waals surface area contributed by atoms with Gasteiger partial charge in [-0.15, -0.1) is 0 Å². The van der Waals surface area contributed by atoms with Crippen LogP contribution < -0.4 is 5.32 Å². The molecule has 3 N–H and O–H groups in total. The lowest BCUT2D eigenvalue weighted by atomic mass is 9.82. The van der Waals surface area contributed by atoms with Crippen molar-refractivity contribution in [2.24, 2.45) is 5.92 Å². The van der Waals surface area contributed by atoms with Gasteiger partial charge in [-0.05, 0) is 40.0 Å². The molecule has 1 fully saturated rings. The summed E-state index contributed by atoms with van der Waals surface area (Å²) in [5.41, 5.74) is -0.650. The maximum absolute atomic E-state index is 11.6. The van der Waals surface area contributed by atoms with Gasteiger partial charge in [0.25, 0.3) is 0 Å². The lowest BCUT2D eigenvalue weighted by Gasteiger charge is -2.34. The smallest absolute Gasteiger partial charge is 0.407 e. The van der Waals surface area contributed by atoms with E-state index in [-0.39, 0.29) is 0 Å². The van der Waals surface area contributed by atoms with Gasteiger partial charge in [0.15, 0.2) is 0 Å². The maximum atomic E-state index is 11.6. The number of aliphatic carboxylic acids is 1. The van der Waals surface area contributed by atoms with Crippen LogP contribution in [0, 0.1) is 5.92 Å². The number of nitrogens with one attached hydrogen (secondary N) is 1. The minimum atomic E-state index is -1.00. The zero-order chi connectivity index (χ0) is 13.9. The topological polar surface area (TPSA) is 95.9 Å². The normalized spacial score (nSPS) is 28.6. The molecule has 0 aromatic rings. The Morgan fingerprint density at radius 1 is 1.28 bits per heavy atom. The second-order valence-electron chi connectivity index (χ2n) is 5.61. The average molecular weight is 259 g/mol. The van der Waals surface area contributed by atoms with Crippen molar-refractivity contribution in [3.05, 3.63) is 0 Å². The van der Waals surface area contributed by atoms with Gasteiger partial charge in [0, 0.05) is 0 Å². The molecule has 0 aliphatic heterocycles. The molecule has 6 nitrogen and oxygen atoms in total. The predicted molar refractivity (Wildman–Crippen MR) is 64.1 cm³/mol. The van der Waals surface area contributed by atoms with Crippen LogP contribution in [0.1, 0.15) is 40.0 Å². The first kappa shape index (κ1) is 14.8. The van der Waals surface area contributed by atoms with Gasteiger partial charge < -0.3 is 20.3 Å². The SMILES string of the molecule is CC(C)(C)OC(=O)N[C@@H]1[C@@H](O)CCC[C@H]1C(=O)O. The van der Waals surface area contributed by atoms with Crippen molar-refractivity contribution < 1.29 is 24.5 Å². The van der Waals surface area contributed by atoms with Crippen molar-refractivity contribution in [3.8, 4) is 0 Å². The van der Waals surface area contributed by atoms with Gasteiger partial charge in [-0.2, -0.15) is 0 Å². The van der Waals surface area contributed by atoms with E-state index in [0.717, 1.165) is 0 Å². The highest BCUT2D eigenvalue weighted by Gasteiger charge is 2.38. The lowest BCUT2D eigenvalue weighted by Crippen LogP contribution is -2.53. The maximum Gasteiger partial charge on any atom is 0.407 e. The molecule has 0 aromatic carbocycles. The van der Waals surface area contributed by atoms with Crippen LogP contribution in [-0.2, 0) is 9.53 Å². The molecule has 6 heteroatoms. The summed E-state index contributed by atoms with van der Waals surface area (Å²) in [7, 11) is 0. The van der Waals surface area contributed by atoms with Crippen LogP contribution in [-0.4, -0.2) is 40.0 Å². The molecule has 0 radical (unpaired) electrons. The van der Waals surface area contributed by atoms with Gasteiger partial charge in [-0.1, -0.05) is 0 Å². The molecule has 1 aliphatic carbocycles. The lowest BCUT2D eigenvalue weighted by molar-refractivity contribution is -0.145. The van der Waals surface area contributed by atoms with Crippen LogP contribution in [0.5, 0.6) is 0 Å². The Labute approximate surface area is 106 Å². The third kappa shape index (κ3) is 4.18. The summed E-state index contributed by atoms with van der Waals surface area (Å²) in [6, 6.07) is -0.786. The van der Waals surface area contributed by atoms with Crippen molar-refractivity contribution in [2.45, 2.75) is 57.8 Å². The summed E-state index contributed by atoms with van der Waals surface area (Å²) in [5.74, 6) is -1.77. The van der Waals surface area contributed by atoms with Gasteiger partial charge in [-0.25, -0.2) is 4.79 Å². The fourth-order valence-corrected chi connectivity index (χ4v) is 2.09. The Hall–Kier alpha value is -1.30. The first-order chi connectivity index (χ1) is 8.20. The fourth-order valence-electron chi connectivity index (χ4n) is 2.09. The standard InChI is InChI=1S/C12H21NO5/c1-12(2,3)18-11(17)13-9-7(10(15)16)5-4-6-8(9)14/h7-9,14H,4-6H2,1-3H3,(H,13,17)(H,15,16)/t7-,8+,9+/m1/s1. The highest BCUT2D eigenvalue weighted by atomic mass is 16.6. The van der Waals surface area contributed by atoms with Crippen molar-refractivity contribution in [3.63, 3.8) is 0 Å². The molecule has 1 rings (SSSR count). The molecule has 1 aliphatic rings. The number of aliphatic hydroxyl groups excluding tert-OH is 1. The summed E-state index contributed by atoms with van der Waals surface area (Å²) < 4.78 is 5.06. The Morgan fingerprint density at radius 2 is 1.89 bits per heavy atom. The number of carbonyl (C=O) groups is 2. The molecule has 0 bridgehead atoms. The number of amides is 1. The number of carboxylic acids is 1. The van der Waals surface area contributed by atoms with Gasteiger partial charge in [-0.3, -0.25) is 4.79 Å². The number of hydrogen-bond acceptors (Lipinski definition) is 4. The summed E-state index contributed by atoms with van der Waals surface area (Å²) in [4.78, 5) is 22.7. The van der Waals surface area contributed by atoms with E-state index in [4.69, 9.17) is 9.84 Å². The highest BCUT2D eigenvalue weighted by molar-refractivity contribution is 5.74. The van der Waals surface area contributed by atoms with E-state index in [1.807, 2.05) is 0 Å². The van der Waals surface area contributed by atoms with Crippen LogP contribution in [0.2, 0.25) is 0 Å². The molecule has 1 saturated carbocycles. The Kier molecular flexibility index (Phi) is 4.56. The number of hydrogen-bond donors (Lipinski definition) is 3.